The number of nitrogens with zero attached hydrogens (tertiary/aromatic N) is 2. The van der Waals surface area contributed by atoms with Gasteiger partial charge in [0.2, 0.25) is 5.91 Å². The minimum atomic E-state index is 0.206. The third-order valence-corrected chi connectivity index (χ3v) is 5.16. The molecule has 120 valence electrons. The summed E-state index contributed by atoms with van der Waals surface area (Å²) in [6.45, 7) is 4.23. The first-order valence-corrected chi connectivity index (χ1v) is 8.61. The highest BCUT2D eigenvalue weighted by Gasteiger charge is 2.27. The van der Waals surface area contributed by atoms with Crippen LogP contribution in [0.3, 0.4) is 0 Å². The van der Waals surface area contributed by atoms with Crippen molar-refractivity contribution in [1.29, 1.82) is 0 Å². The molecule has 1 unspecified atom stereocenters. The Morgan fingerprint density at radius 3 is 2.86 bits per heavy atom. The minimum Gasteiger partial charge on any atom is -0.353 e. The second-order valence-electron chi connectivity index (χ2n) is 6.83. The third kappa shape index (κ3) is 3.49. The Balaban J connectivity index is 1.58. The van der Waals surface area contributed by atoms with Gasteiger partial charge in [-0.3, -0.25) is 9.78 Å². The van der Waals surface area contributed by atoms with Gasteiger partial charge in [-0.15, -0.1) is 0 Å². The number of rotatable bonds is 3. The molecule has 1 amide bonds. The van der Waals surface area contributed by atoms with Crippen LogP contribution >= 0.6 is 0 Å². The lowest BCUT2D eigenvalue weighted by molar-refractivity contribution is -0.127. The summed E-state index contributed by atoms with van der Waals surface area (Å²) in [5.41, 5.74) is 3.85. The summed E-state index contributed by atoms with van der Waals surface area (Å²) < 4.78 is 0. The highest BCUT2D eigenvalue weighted by Crippen LogP contribution is 2.22. The van der Waals surface area contributed by atoms with Crippen LogP contribution in [-0.2, 0) is 24.1 Å². The smallest absolute Gasteiger partial charge is 0.223 e. The Hall–Kier alpha value is -1.42. The third-order valence-electron chi connectivity index (χ3n) is 5.16. The van der Waals surface area contributed by atoms with Gasteiger partial charge in [0.25, 0.3) is 0 Å². The molecular formula is C18H27N3O. The van der Waals surface area contributed by atoms with E-state index in [0.717, 1.165) is 51.6 Å². The van der Waals surface area contributed by atoms with Crippen LogP contribution in [0, 0.1) is 5.92 Å². The average Bonchev–Trinajstić information content (AvgIpc) is 2.54. The van der Waals surface area contributed by atoms with Crippen molar-refractivity contribution in [3.05, 3.63) is 29.1 Å². The molecule has 2 heterocycles. The van der Waals surface area contributed by atoms with E-state index in [1.165, 1.54) is 16.8 Å². The fraction of sp³-hybridized carbons (Fsp3) is 0.667. The number of carbonyl (C=O) groups excluding carboxylic acids is 1. The molecule has 0 radical (unpaired) electrons. The van der Waals surface area contributed by atoms with Gasteiger partial charge >= 0.3 is 0 Å². The average molecular weight is 301 g/mol. The van der Waals surface area contributed by atoms with Crippen LogP contribution in [0.4, 0.5) is 0 Å². The first-order chi connectivity index (χ1) is 10.7. The SMILES string of the molecule is CCc1cnc2c(c1)CC(NC(=O)C1CCN(C)CC1)CC2. The van der Waals surface area contributed by atoms with E-state index in [0.29, 0.717) is 0 Å². The summed E-state index contributed by atoms with van der Waals surface area (Å²) in [6.07, 6.45) is 7.94. The number of nitrogens with one attached hydrogen (secondary N) is 1. The predicted octanol–water partition coefficient (Wildman–Crippen LogP) is 1.96. The van der Waals surface area contributed by atoms with Gasteiger partial charge < -0.3 is 10.2 Å². The maximum absolute atomic E-state index is 12.5. The molecule has 1 aliphatic carbocycles. The van der Waals surface area contributed by atoms with Crippen LogP contribution in [0.1, 0.15) is 43.0 Å². The van der Waals surface area contributed by atoms with Crippen molar-refractivity contribution in [1.82, 2.24) is 15.2 Å². The molecule has 1 aliphatic heterocycles. The molecule has 22 heavy (non-hydrogen) atoms. The first kappa shape index (κ1) is 15.5. The fourth-order valence-corrected chi connectivity index (χ4v) is 3.57. The van der Waals surface area contributed by atoms with Gasteiger partial charge in [0, 0.05) is 23.9 Å². The summed E-state index contributed by atoms with van der Waals surface area (Å²) in [4.78, 5) is 19.4. The largest absolute Gasteiger partial charge is 0.353 e. The van der Waals surface area contributed by atoms with E-state index < -0.39 is 0 Å². The number of aromatic nitrogens is 1. The second-order valence-corrected chi connectivity index (χ2v) is 6.83. The van der Waals surface area contributed by atoms with Crippen molar-refractivity contribution in [3.8, 4) is 0 Å². The maximum atomic E-state index is 12.5. The molecule has 4 nitrogen and oxygen atoms in total. The number of fused-ring (bicyclic) bond motifs is 1. The van der Waals surface area contributed by atoms with E-state index in [-0.39, 0.29) is 17.9 Å². The van der Waals surface area contributed by atoms with E-state index in [2.05, 4.69) is 35.2 Å². The number of amides is 1. The van der Waals surface area contributed by atoms with E-state index >= 15 is 0 Å². The zero-order valence-corrected chi connectivity index (χ0v) is 13.8. The molecular weight excluding hydrogens is 274 g/mol. The zero-order valence-electron chi connectivity index (χ0n) is 13.8. The van der Waals surface area contributed by atoms with Crippen molar-refractivity contribution in [2.75, 3.05) is 20.1 Å². The molecule has 0 spiro atoms. The number of carbonyl (C=O) groups is 1. The van der Waals surface area contributed by atoms with Crippen molar-refractivity contribution in [3.63, 3.8) is 0 Å². The molecule has 1 aromatic heterocycles. The van der Waals surface area contributed by atoms with E-state index in [1.807, 2.05) is 6.20 Å². The summed E-state index contributed by atoms with van der Waals surface area (Å²) >= 11 is 0. The van der Waals surface area contributed by atoms with Crippen LogP contribution in [-0.4, -0.2) is 42.0 Å². The highest BCUT2D eigenvalue weighted by molar-refractivity contribution is 5.79. The molecule has 1 N–H and O–H groups in total. The lowest BCUT2D eigenvalue weighted by atomic mass is 9.89. The minimum absolute atomic E-state index is 0.206. The quantitative estimate of drug-likeness (QED) is 0.928. The molecule has 1 aromatic rings. The standard InChI is InChI=1S/C18H27N3O/c1-3-13-10-15-11-16(4-5-17(15)19-12-13)20-18(22)14-6-8-21(2)9-7-14/h10,12,14,16H,3-9,11H2,1-2H3,(H,20,22). The normalized spacial score (nSPS) is 23.1. The molecule has 3 rings (SSSR count). The molecule has 0 aromatic carbocycles. The van der Waals surface area contributed by atoms with Crippen molar-refractivity contribution < 1.29 is 4.79 Å². The van der Waals surface area contributed by atoms with E-state index in [1.54, 1.807) is 0 Å². The molecule has 1 saturated heterocycles. The van der Waals surface area contributed by atoms with Crippen LogP contribution in [0.2, 0.25) is 0 Å². The van der Waals surface area contributed by atoms with Gasteiger partial charge in [-0.1, -0.05) is 13.0 Å². The van der Waals surface area contributed by atoms with Crippen molar-refractivity contribution in [2.24, 2.45) is 5.92 Å². The Kier molecular flexibility index (Phi) is 4.77. The molecule has 1 atom stereocenters. The zero-order chi connectivity index (χ0) is 15.5. The van der Waals surface area contributed by atoms with Gasteiger partial charge in [-0.25, -0.2) is 0 Å². The Morgan fingerprint density at radius 1 is 1.36 bits per heavy atom. The van der Waals surface area contributed by atoms with E-state index in [9.17, 15) is 4.79 Å². The lowest BCUT2D eigenvalue weighted by Crippen LogP contribution is -2.45. The molecule has 1 fully saturated rings. The van der Waals surface area contributed by atoms with E-state index in [4.69, 9.17) is 0 Å². The maximum Gasteiger partial charge on any atom is 0.223 e. The van der Waals surface area contributed by atoms with Gasteiger partial charge in [-0.2, -0.15) is 0 Å². The summed E-state index contributed by atoms with van der Waals surface area (Å²) in [5, 5.41) is 3.30. The number of hydrogen-bond acceptors (Lipinski definition) is 3. The van der Waals surface area contributed by atoms with Crippen LogP contribution in [0.5, 0.6) is 0 Å². The first-order valence-electron chi connectivity index (χ1n) is 8.61. The number of piperidine rings is 1. The predicted molar refractivity (Wildman–Crippen MR) is 87.8 cm³/mol. The Labute approximate surface area is 133 Å². The molecule has 2 aliphatic rings. The summed E-state index contributed by atoms with van der Waals surface area (Å²) in [6, 6.07) is 2.56. The number of aryl methyl sites for hydroxylation is 2. The Bertz CT molecular complexity index is 535. The topological polar surface area (TPSA) is 45.2 Å². The summed E-state index contributed by atoms with van der Waals surface area (Å²) in [7, 11) is 2.13. The molecule has 4 heteroatoms. The fourth-order valence-electron chi connectivity index (χ4n) is 3.57. The van der Waals surface area contributed by atoms with Gasteiger partial charge in [-0.05, 0) is 69.8 Å². The summed E-state index contributed by atoms with van der Waals surface area (Å²) in [5.74, 6) is 0.471. The monoisotopic (exact) mass is 301 g/mol. The number of pyridine rings is 1. The van der Waals surface area contributed by atoms with Crippen molar-refractivity contribution in [2.45, 2.75) is 51.5 Å². The lowest BCUT2D eigenvalue weighted by Gasteiger charge is -2.31. The number of likely N-dealkylation sites (tertiary alicyclic amines) is 1. The van der Waals surface area contributed by atoms with Gasteiger partial charge in [0.05, 0.1) is 0 Å². The second kappa shape index (κ2) is 6.78. The highest BCUT2D eigenvalue weighted by atomic mass is 16.1. The molecule has 0 saturated carbocycles. The van der Waals surface area contributed by atoms with Crippen LogP contribution < -0.4 is 5.32 Å². The van der Waals surface area contributed by atoms with Gasteiger partial charge in [0.1, 0.15) is 0 Å². The van der Waals surface area contributed by atoms with Gasteiger partial charge in [0.15, 0.2) is 0 Å². The van der Waals surface area contributed by atoms with Crippen LogP contribution in [0.15, 0.2) is 12.3 Å². The number of hydrogen-bond donors (Lipinski definition) is 1. The Morgan fingerprint density at radius 2 is 2.14 bits per heavy atom. The van der Waals surface area contributed by atoms with Crippen LogP contribution in [0.25, 0.3) is 0 Å². The van der Waals surface area contributed by atoms with Crippen molar-refractivity contribution >= 4 is 5.91 Å². The molecule has 0 bridgehead atoms.